The molecular weight excluding hydrogens is 282 g/mol. The molecule has 114 valence electrons. The molecule has 0 atom stereocenters. The van der Waals surface area contributed by atoms with E-state index in [-0.39, 0.29) is 18.5 Å². The average Bonchev–Trinajstić information content (AvgIpc) is 3.23. The molecule has 2 N–H and O–H groups in total. The zero-order valence-electron chi connectivity index (χ0n) is 12.3. The molecule has 3 amide bonds. The van der Waals surface area contributed by atoms with Crippen LogP contribution in [0.25, 0.3) is 5.52 Å². The summed E-state index contributed by atoms with van der Waals surface area (Å²) in [6.45, 7) is 0.392. The number of nitrogens with zero attached hydrogens (tertiary/aromatic N) is 4. The summed E-state index contributed by atoms with van der Waals surface area (Å²) in [5, 5.41) is 4.45. The molecule has 22 heavy (non-hydrogen) atoms. The van der Waals surface area contributed by atoms with Crippen molar-refractivity contribution in [3.05, 3.63) is 29.5 Å². The Balaban J connectivity index is 1.89. The van der Waals surface area contributed by atoms with Gasteiger partial charge in [0.25, 0.3) is 5.91 Å². The van der Waals surface area contributed by atoms with Crippen molar-refractivity contribution in [2.75, 3.05) is 18.5 Å². The van der Waals surface area contributed by atoms with Crippen molar-refractivity contribution in [2.24, 2.45) is 5.73 Å². The summed E-state index contributed by atoms with van der Waals surface area (Å²) in [7, 11) is 1.50. The third kappa shape index (κ3) is 1.89. The van der Waals surface area contributed by atoms with Crippen LogP contribution >= 0.6 is 0 Å². The third-order valence-corrected chi connectivity index (χ3v) is 4.33. The van der Waals surface area contributed by atoms with Gasteiger partial charge in [0.05, 0.1) is 11.2 Å². The molecule has 0 radical (unpaired) electrons. The largest absolute Gasteiger partial charge is 0.332 e. The monoisotopic (exact) mass is 299 g/mol. The highest BCUT2D eigenvalue weighted by Gasteiger charge is 2.36. The second kappa shape index (κ2) is 4.54. The lowest BCUT2D eigenvalue weighted by Crippen LogP contribution is -2.31. The van der Waals surface area contributed by atoms with Crippen LogP contribution < -0.4 is 10.6 Å². The second-order valence-electron chi connectivity index (χ2n) is 5.92. The highest BCUT2D eigenvalue weighted by molar-refractivity contribution is 6.11. The second-order valence-corrected chi connectivity index (χ2v) is 5.92. The van der Waals surface area contributed by atoms with Crippen molar-refractivity contribution in [3.63, 3.8) is 0 Å². The number of aromatic nitrogens is 2. The molecule has 7 heteroatoms. The number of hydrogen-bond acceptors (Lipinski definition) is 4. The van der Waals surface area contributed by atoms with Gasteiger partial charge >= 0.3 is 6.03 Å². The number of likely N-dealkylation sites (N-methyl/N-ethyl adjacent to an activating group) is 1. The van der Waals surface area contributed by atoms with E-state index >= 15 is 0 Å². The number of rotatable bonds is 3. The summed E-state index contributed by atoms with van der Waals surface area (Å²) >= 11 is 0. The van der Waals surface area contributed by atoms with Gasteiger partial charge in [0.2, 0.25) is 0 Å². The number of pyridine rings is 1. The topological polar surface area (TPSA) is 83.9 Å². The summed E-state index contributed by atoms with van der Waals surface area (Å²) in [6.07, 6.45) is 2.33. The van der Waals surface area contributed by atoms with Crippen LogP contribution in [0.15, 0.2) is 18.2 Å². The first kappa shape index (κ1) is 13.3. The van der Waals surface area contributed by atoms with Crippen molar-refractivity contribution < 1.29 is 9.59 Å². The van der Waals surface area contributed by atoms with Crippen molar-refractivity contribution in [2.45, 2.75) is 25.3 Å². The van der Waals surface area contributed by atoms with E-state index in [0.717, 1.165) is 16.1 Å². The molecular formula is C15H17N5O2. The van der Waals surface area contributed by atoms with Crippen LogP contribution in [-0.2, 0) is 11.3 Å². The van der Waals surface area contributed by atoms with E-state index < -0.39 is 0 Å². The zero-order valence-corrected chi connectivity index (χ0v) is 12.3. The highest BCUT2D eigenvalue weighted by atomic mass is 16.2. The van der Waals surface area contributed by atoms with E-state index in [1.165, 1.54) is 30.4 Å². The van der Waals surface area contributed by atoms with Crippen molar-refractivity contribution in [1.29, 1.82) is 0 Å². The minimum absolute atomic E-state index is 0.0520. The SMILES string of the molecule is CN1C(=O)CN(c2cc(C3CC3)cc3cc(CN)nn23)C1=O. The van der Waals surface area contributed by atoms with Crippen molar-refractivity contribution in [1.82, 2.24) is 14.5 Å². The molecule has 1 saturated carbocycles. The van der Waals surface area contributed by atoms with Crippen LogP contribution in [0.4, 0.5) is 10.6 Å². The summed E-state index contributed by atoms with van der Waals surface area (Å²) < 4.78 is 1.71. The van der Waals surface area contributed by atoms with E-state index in [1.807, 2.05) is 12.1 Å². The van der Waals surface area contributed by atoms with Crippen LogP contribution in [0.3, 0.4) is 0 Å². The van der Waals surface area contributed by atoms with Crippen molar-refractivity contribution in [3.8, 4) is 0 Å². The lowest BCUT2D eigenvalue weighted by atomic mass is 10.1. The molecule has 1 saturated heterocycles. The molecule has 3 heterocycles. The summed E-state index contributed by atoms with van der Waals surface area (Å²) in [5.41, 5.74) is 8.55. The molecule has 7 nitrogen and oxygen atoms in total. The minimum atomic E-state index is -0.316. The normalized spacial score (nSPS) is 18.8. The number of carbonyl (C=O) groups is 2. The maximum atomic E-state index is 12.3. The Kier molecular flexibility index (Phi) is 2.74. The predicted molar refractivity (Wildman–Crippen MR) is 80.6 cm³/mol. The van der Waals surface area contributed by atoms with Gasteiger partial charge in [-0.15, -0.1) is 0 Å². The van der Waals surface area contributed by atoms with Crippen LogP contribution in [0.5, 0.6) is 0 Å². The number of carbonyl (C=O) groups excluding carboxylic acids is 2. The Bertz CT molecular complexity index is 793. The van der Waals surface area contributed by atoms with Gasteiger partial charge in [0.1, 0.15) is 12.4 Å². The number of amides is 3. The summed E-state index contributed by atoms with van der Waals surface area (Å²) in [5.74, 6) is 0.981. The minimum Gasteiger partial charge on any atom is -0.325 e. The summed E-state index contributed by atoms with van der Waals surface area (Å²) in [4.78, 5) is 26.7. The van der Waals surface area contributed by atoms with Gasteiger partial charge in [-0.3, -0.25) is 14.6 Å². The molecule has 4 rings (SSSR count). The Morgan fingerprint density at radius 3 is 2.64 bits per heavy atom. The van der Waals surface area contributed by atoms with Crippen LogP contribution in [0.1, 0.15) is 30.0 Å². The lowest BCUT2D eigenvalue weighted by molar-refractivity contribution is -0.123. The Morgan fingerprint density at radius 1 is 1.27 bits per heavy atom. The van der Waals surface area contributed by atoms with Gasteiger partial charge in [0.15, 0.2) is 0 Å². The number of imide groups is 1. The maximum absolute atomic E-state index is 12.3. The van der Waals surface area contributed by atoms with E-state index in [1.54, 1.807) is 4.52 Å². The average molecular weight is 299 g/mol. The first-order valence-electron chi connectivity index (χ1n) is 7.39. The molecule has 2 aromatic rings. The van der Waals surface area contributed by atoms with E-state index in [0.29, 0.717) is 18.3 Å². The van der Waals surface area contributed by atoms with Crippen LogP contribution in [-0.4, -0.2) is 40.0 Å². The Morgan fingerprint density at radius 2 is 2.05 bits per heavy atom. The predicted octanol–water partition coefficient (Wildman–Crippen LogP) is 1.07. The fourth-order valence-electron chi connectivity index (χ4n) is 2.88. The zero-order chi connectivity index (χ0) is 15.4. The number of urea groups is 1. The molecule has 2 aromatic heterocycles. The Hall–Kier alpha value is -2.41. The molecule has 2 fully saturated rings. The lowest BCUT2D eigenvalue weighted by Gasteiger charge is -2.17. The first-order valence-corrected chi connectivity index (χ1v) is 7.39. The molecule has 0 bridgehead atoms. The maximum Gasteiger partial charge on any atom is 0.332 e. The number of nitrogens with two attached hydrogens (primary N) is 1. The van der Waals surface area contributed by atoms with E-state index in [4.69, 9.17) is 5.73 Å². The standard InChI is InChI=1S/C15H17N5O2/c1-18-14(21)8-19(15(18)22)13-5-10(9-2-3-9)4-12-6-11(7-16)17-20(12)13/h4-6,9H,2-3,7-8,16H2,1H3. The van der Waals surface area contributed by atoms with Gasteiger partial charge in [-0.05, 0) is 42.5 Å². The molecule has 0 aromatic carbocycles. The molecule has 1 aliphatic carbocycles. The van der Waals surface area contributed by atoms with Gasteiger partial charge in [0, 0.05) is 13.6 Å². The highest BCUT2D eigenvalue weighted by Crippen LogP contribution is 2.42. The quantitative estimate of drug-likeness (QED) is 0.859. The summed E-state index contributed by atoms with van der Waals surface area (Å²) in [6, 6.07) is 5.69. The van der Waals surface area contributed by atoms with E-state index in [2.05, 4.69) is 11.2 Å². The number of fused-ring (bicyclic) bond motifs is 1. The van der Waals surface area contributed by atoms with Gasteiger partial charge in [-0.25, -0.2) is 9.31 Å². The number of anilines is 1. The fraction of sp³-hybridized carbons (Fsp3) is 0.400. The van der Waals surface area contributed by atoms with Crippen LogP contribution in [0, 0.1) is 0 Å². The molecule has 0 unspecified atom stereocenters. The van der Waals surface area contributed by atoms with Crippen molar-refractivity contribution >= 4 is 23.3 Å². The molecule has 0 spiro atoms. The molecule has 2 aliphatic rings. The van der Waals surface area contributed by atoms with Gasteiger partial charge in [-0.1, -0.05) is 0 Å². The number of hydrogen-bond donors (Lipinski definition) is 1. The van der Waals surface area contributed by atoms with E-state index in [9.17, 15) is 9.59 Å². The molecule has 1 aliphatic heterocycles. The first-order chi connectivity index (χ1) is 10.6. The van der Waals surface area contributed by atoms with Gasteiger partial charge in [-0.2, -0.15) is 5.10 Å². The smallest absolute Gasteiger partial charge is 0.325 e. The fourth-order valence-corrected chi connectivity index (χ4v) is 2.88. The van der Waals surface area contributed by atoms with Crippen LogP contribution in [0.2, 0.25) is 0 Å². The third-order valence-electron chi connectivity index (χ3n) is 4.33. The van der Waals surface area contributed by atoms with Gasteiger partial charge < -0.3 is 5.73 Å². The Labute approximate surface area is 127 Å².